The molecule has 4 nitrogen and oxygen atoms in total. The molecular weight excluding hydrogens is 234 g/mol. The molecule has 2 aliphatic rings. The van der Waals surface area contributed by atoms with E-state index in [4.69, 9.17) is 5.73 Å². The molecule has 0 bridgehead atoms. The number of hydrogen-bond donors (Lipinski definition) is 2. The highest BCUT2D eigenvalue weighted by Crippen LogP contribution is 2.34. The summed E-state index contributed by atoms with van der Waals surface area (Å²) in [5.41, 5.74) is 9.87. The second-order valence-corrected chi connectivity index (χ2v) is 5.62. The van der Waals surface area contributed by atoms with Gasteiger partial charge in [0.05, 0.1) is 17.8 Å². The molecule has 0 atom stereocenters. The van der Waals surface area contributed by atoms with Crippen molar-refractivity contribution in [3.8, 4) is 0 Å². The molecule has 90 valence electrons. The normalized spacial score (nSPS) is 19.1. The molecule has 0 saturated carbocycles. The van der Waals surface area contributed by atoms with Crippen LogP contribution in [-0.4, -0.2) is 30.5 Å². The van der Waals surface area contributed by atoms with Gasteiger partial charge in [-0.15, -0.1) is 0 Å². The lowest BCUT2D eigenvalue weighted by atomic mass is 10.1. The molecule has 2 aliphatic heterocycles. The van der Waals surface area contributed by atoms with Crippen molar-refractivity contribution in [2.75, 3.05) is 40.5 Å². The number of benzene rings is 1. The average Bonchev–Trinajstić information content (AvgIpc) is 2.68. The van der Waals surface area contributed by atoms with Gasteiger partial charge < -0.3 is 16.0 Å². The van der Waals surface area contributed by atoms with Crippen molar-refractivity contribution in [1.29, 1.82) is 0 Å². The summed E-state index contributed by atoms with van der Waals surface area (Å²) in [6.07, 6.45) is 0.454. The van der Waals surface area contributed by atoms with E-state index in [9.17, 15) is 4.79 Å². The number of fused-ring (bicyclic) bond motifs is 1. The van der Waals surface area contributed by atoms with Gasteiger partial charge in [-0.25, -0.2) is 0 Å². The van der Waals surface area contributed by atoms with Gasteiger partial charge in [-0.2, -0.15) is 11.8 Å². The lowest BCUT2D eigenvalue weighted by Crippen LogP contribution is -2.33. The Bertz CT molecular complexity index is 469. The lowest BCUT2D eigenvalue weighted by Gasteiger charge is -2.30. The summed E-state index contributed by atoms with van der Waals surface area (Å²) in [5, 5.41) is 2.88. The van der Waals surface area contributed by atoms with Gasteiger partial charge >= 0.3 is 0 Å². The van der Waals surface area contributed by atoms with Gasteiger partial charge in [0.1, 0.15) is 0 Å². The Morgan fingerprint density at radius 2 is 2.06 bits per heavy atom. The maximum absolute atomic E-state index is 11.3. The number of nitrogens with zero attached hydrogens (tertiary/aromatic N) is 1. The SMILES string of the molecule is Nc1cc2c(cc1N1CCSCC1)NC(=O)C2. The van der Waals surface area contributed by atoms with Gasteiger partial charge in [-0.05, 0) is 17.7 Å². The van der Waals surface area contributed by atoms with Crippen molar-refractivity contribution in [2.24, 2.45) is 0 Å². The van der Waals surface area contributed by atoms with Gasteiger partial charge in [0.25, 0.3) is 0 Å². The van der Waals surface area contributed by atoms with Gasteiger partial charge in [0, 0.05) is 30.3 Å². The molecule has 17 heavy (non-hydrogen) atoms. The predicted octanol–water partition coefficient (Wildman–Crippen LogP) is 1.32. The molecular formula is C12H15N3OS. The van der Waals surface area contributed by atoms with Crippen LogP contribution in [-0.2, 0) is 11.2 Å². The number of rotatable bonds is 1. The topological polar surface area (TPSA) is 58.4 Å². The fraction of sp³-hybridized carbons (Fsp3) is 0.417. The maximum atomic E-state index is 11.3. The fourth-order valence-corrected chi connectivity index (χ4v) is 3.26. The van der Waals surface area contributed by atoms with E-state index in [0.717, 1.165) is 47.2 Å². The van der Waals surface area contributed by atoms with E-state index in [2.05, 4.69) is 10.2 Å². The quantitative estimate of drug-likeness (QED) is 0.737. The molecule has 2 heterocycles. The second-order valence-electron chi connectivity index (χ2n) is 4.39. The van der Waals surface area contributed by atoms with E-state index in [1.165, 1.54) is 0 Å². The molecule has 5 heteroatoms. The molecule has 1 saturated heterocycles. The number of nitrogens with two attached hydrogens (primary N) is 1. The van der Waals surface area contributed by atoms with Crippen LogP contribution in [0.2, 0.25) is 0 Å². The van der Waals surface area contributed by atoms with E-state index in [1.807, 2.05) is 23.9 Å². The van der Waals surface area contributed by atoms with E-state index >= 15 is 0 Å². The molecule has 3 N–H and O–H groups in total. The second kappa shape index (κ2) is 4.14. The maximum Gasteiger partial charge on any atom is 0.228 e. The fourth-order valence-electron chi connectivity index (χ4n) is 2.36. The van der Waals surface area contributed by atoms with E-state index in [1.54, 1.807) is 0 Å². The summed E-state index contributed by atoms with van der Waals surface area (Å²) < 4.78 is 0. The van der Waals surface area contributed by atoms with Gasteiger partial charge in [-0.1, -0.05) is 0 Å². The first-order valence-corrected chi connectivity index (χ1v) is 6.94. The smallest absolute Gasteiger partial charge is 0.228 e. The minimum absolute atomic E-state index is 0.0609. The number of nitrogen functional groups attached to an aromatic ring is 1. The molecule has 1 aromatic carbocycles. The van der Waals surface area contributed by atoms with Crippen molar-refractivity contribution in [1.82, 2.24) is 0 Å². The van der Waals surface area contributed by atoms with Gasteiger partial charge in [-0.3, -0.25) is 4.79 Å². The zero-order valence-electron chi connectivity index (χ0n) is 9.53. The summed E-state index contributed by atoms with van der Waals surface area (Å²) in [7, 11) is 0. The first kappa shape index (κ1) is 10.8. The van der Waals surface area contributed by atoms with Crippen LogP contribution in [0.15, 0.2) is 12.1 Å². The standard InChI is InChI=1S/C12H15N3OS/c13-9-5-8-6-12(16)14-10(8)7-11(9)15-1-3-17-4-2-15/h5,7H,1-4,6,13H2,(H,14,16). The molecule has 0 radical (unpaired) electrons. The number of anilines is 3. The van der Waals surface area contributed by atoms with Crippen LogP contribution in [0.25, 0.3) is 0 Å². The highest BCUT2D eigenvalue weighted by molar-refractivity contribution is 7.99. The third-order valence-electron chi connectivity index (χ3n) is 3.23. The van der Waals surface area contributed by atoms with Crippen molar-refractivity contribution in [3.63, 3.8) is 0 Å². The third-order valence-corrected chi connectivity index (χ3v) is 4.17. The minimum atomic E-state index is 0.0609. The van der Waals surface area contributed by atoms with Crippen LogP contribution in [0.1, 0.15) is 5.56 Å². The summed E-state index contributed by atoms with van der Waals surface area (Å²) in [6, 6.07) is 3.95. The van der Waals surface area contributed by atoms with Crippen LogP contribution in [0.4, 0.5) is 17.1 Å². The highest BCUT2D eigenvalue weighted by Gasteiger charge is 2.21. The van der Waals surface area contributed by atoms with Crippen LogP contribution >= 0.6 is 11.8 Å². The molecule has 1 amide bonds. The van der Waals surface area contributed by atoms with Crippen LogP contribution in [0.3, 0.4) is 0 Å². The van der Waals surface area contributed by atoms with Crippen molar-refractivity contribution >= 4 is 34.7 Å². The molecule has 1 fully saturated rings. The molecule has 0 aromatic heterocycles. The van der Waals surface area contributed by atoms with Crippen molar-refractivity contribution in [3.05, 3.63) is 17.7 Å². The Balaban J connectivity index is 1.95. The minimum Gasteiger partial charge on any atom is -0.397 e. The van der Waals surface area contributed by atoms with Crippen molar-refractivity contribution in [2.45, 2.75) is 6.42 Å². The summed E-state index contributed by atoms with van der Waals surface area (Å²) >= 11 is 1.97. The third kappa shape index (κ3) is 1.95. The highest BCUT2D eigenvalue weighted by atomic mass is 32.2. The zero-order chi connectivity index (χ0) is 11.8. The number of carbonyl (C=O) groups is 1. The number of amides is 1. The molecule has 3 rings (SSSR count). The molecule has 0 unspecified atom stereocenters. The Morgan fingerprint density at radius 3 is 2.82 bits per heavy atom. The van der Waals surface area contributed by atoms with Crippen LogP contribution in [0.5, 0.6) is 0 Å². The lowest BCUT2D eigenvalue weighted by molar-refractivity contribution is -0.115. The Hall–Kier alpha value is -1.36. The summed E-state index contributed by atoms with van der Waals surface area (Å²) in [5.74, 6) is 2.34. The van der Waals surface area contributed by atoms with Crippen LogP contribution in [0, 0.1) is 0 Å². The summed E-state index contributed by atoms with van der Waals surface area (Å²) in [4.78, 5) is 13.6. The van der Waals surface area contributed by atoms with Gasteiger partial charge in [0.2, 0.25) is 5.91 Å². The average molecular weight is 249 g/mol. The molecule has 1 aromatic rings. The Labute approximate surface area is 105 Å². The monoisotopic (exact) mass is 249 g/mol. The number of thioether (sulfide) groups is 1. The first-order chi connectivity index (χ1) is 8.24. The predicted molar refractivity (Wildman–Crippen MR) is 72.7 cm³/mol. The number of hydrogen-bond acceptors (Lipinski definition) is 4. The van der Waals surface area contributed by atoms with Crippen LogP contribution < -0.4 is 16.0 Å². The van der Waals surface area contributed by atoms with Crippen molar-refractivity contribution < 1.29 is 4.79 Å². The van der Waals surface area contributed by atoms with E-state index < -0.39 is 0 Å². The zero-order valence-corrected chi connectivity index (χ0v) is 10.3. The largest absolute Gasteiger partial charge is 0.397 e. The van der Waals surface area contributed by atoms with E-state index in [0.29, 0.717) is 6.42 Å². The van der Waals surface area contributed by atoms with E-state index in [-0.39, 0.29) is 5.91 Å². The summed E-state index contributed by atoms with van der Waals surface area (Å²) in [6.45, 7) is 2.06. The Morgan fingerprint density at radius 1 is 1.29 bits per heavy atom. The Kier molecular flexibility index (Phi) is 2.63. The number of carbonyl (C=O) groups excluding carboxylic acids is 1. The number of nitrogens with one attached hydrogen (secondary N) is 1. The first-order valence-electron chi connectivity index (χ1n) is 5.79. The van der Waals surface area contributed by atoms with Gasteiger partial charge in [0.15, 0.2) is 0 Å². The molecule has 0 aliphatic carbocycles. The molecule has 0 spiro atoms.